The Kier molecular flexibility index (Phi) is 2.35. The molecule has 0 aliphatic heterocycles. The number of hydrogen-bond donors (Lipinski definition) is 0. The molecule has 0 aliphatic rings. The molecule has 0 N–H and O–H groups in total. The largest absolute Gasteiger partial charge is 0.313 e. The Bertz CT molecular complexity index is 340. The number of rotatable bonds is 2. The highest BCUT2D eigenvalue weighted by Gasteiger charge is 2.13. The van der Waals surface area contributed by atoms with E-state index in [9.17, 15) is 10.1 Å². The van der Waals surface area contributed by atoms with Gasteiger partial charge in [-0.1, -0.05) is 11.6 Å². The molecule has 0 aliphatic carbocycles. The van der Waals surface area contributed by atoms with Gasteiger partial charge >= 0.3 is 5.69 Å². The van der Waals surface area contributed by atoms with Crippen molar-refractivity contribution >= 4 is 29.8 Å². The maximum Gasteiger partial charge on any atom is 0.313 e. The predicted octanol–water partition coefficient (Wildman–Crippen LogP) is 1.98. The van der Waals surface area contributed by atoms with Crippen LogP contribution in [-0.2, 0) is 0 Å². The fourth-order valence-electron chi connectivity index (χ4n) is 0.677. The van der Waals surface area contributed by atoms with Gasteiger partial charge in [-0.3, -0.25) is 10.1 Å². The van der Waals surface area contributed by atoms with Crippen LogP contribution in [0.15, 0.2) is 17.1 Å². The van der Waals surface area contributed by atoms with Gasteiger partial charge in [0.05, 0.1) is 4.92 Å². The third kappa shape index (κ3) is 1.57. The molecule has 1 aromatic heterocycles. The van der Waals surface area contributed by atoms with E-state index in [2.05, 4.69) is 16.7 Å². The Balaban J connectivity index is 3.29. The highest BCUT2D eigenvalue weighted by atomic mass is 35.5. The van der Waals surface area contributed by atoms with Gasteiger partial charge in [-0.25, -0.2) is 9.98 Å². The maximum absolute atomic E-state index is 10.3. The first-order chi connectivity index (χ1) is 5.65. The number of nitro groups is 1. The van der Waals surface area contributed by atoms with Crippen molar-refractivity contribution in [1.29, 1.82) is 0 Å². The highest BCUT2D eigenvalue weighted by molar-refractivity contribution is 6.29. The minimum Gasteiger partial charge on any atom is -0.258 e. The molecule has 0 spiro atoms. The maximum atomic E-state index is 10.3. The van der Waals surface area contributed by atoms with Crippen molar-refractivity contribution in [3.8, 4) is 0 Å². The van der Waals surface area contributed by atoms with Crippen molar-refractivity contribution in [3.63, 3.8) is 0 Å². The van der Waals surface area contributed by atoms with Crippen LogP contribution in [0.25, 0.3) is 0 Å². The minimum absolute atomic E-state index is 0.0625. The number of hydrogen-bond acceptors (Lipinski definition) is 4. The first-order valence-corrected chi connectivity index (χ1v) is 3.30. The number of aliphatic imine (C=N–C) groups is 1. The summed E-state index contributed by atoms with van der Waals surface area (Å²) in [5.41, 5.74) is -0.200. The van der Waals surface area contributed by atoms with E-state index >= 15 is 0 Å². The lowest BCUT2D eigenvalue weighted by atomic mass is 10.4. The van der Waals surface area contributed by atoms with Gasteiger partial charge in [-0.2, -0.15) is 0 Å². The lowest BCUT2D eigenvalue weighted by Crippen LogP contribution is -1.89. The van der Waals surface area contributed by atoms with Gasteiger partial charge in [-0.15, -0.1) is 0 Å². The molecule has 5 nitrogen and oxygen atoms in total. The van der Waals surface area contributed by atoms with Crippen molar-refractivity contribution in [2.75, 3.05) is 0 Å². The fraction of sp³-hybridized carbons (Fsp3) is 0. The van der Waals surface area contributed by atoms with Crippen molar-refractivity contribution < 1.29 is 4.92 Å². The summed E-state index contributed by atoms with van der Waals surface area (Å²) in [4.78, 5) is 16.7. The van der Waals surface area contributed by atoms with Crippen molar-refractivity contribution in [1.82, 2.24) is 4.98 Å². The van der Waals surface area contributed by atoms with Crippen LogP contribution >= 0.6 is 11.6 Å². The molecular weight excluding hydrogens is 182 g/mol. The fourth-order valence-corrected chi connectivity index (χ4v) is 0.820. The van der Waals surface area contributed by atoms with E-state index in [-0.39, 0.29) is 16.7 Å². The molecule has 1 rings (SSSR count). The van der Waals surface area contributed by atoms with Crippen molar-refractivity contribution in [2.45, 2.75) is 0 Å². The first-order valence-electron chi connectivity index (χ1n) is 2.93. The normalized spacial score (nSPS) is 9.42. The molecule has 12 heavy (non-hydrogen) atoms. The average molecular weight is 186 g/mol. The summed E-state index contributed by atoms with van der Waals surface area (Å²) in [6, 6.07) is 2.56. The Labute approximate surface area is 72.9 Å². The average Bonchev–Trinajstić information content (AvgIpc) is 2.03. The summed E-state index contributed by atoms with van der Waals surface area (Å²) in [7, 11) is 0. The predicted molar refractivity (Wildman–Crippen MR) is 45.1 cm³/mol. The van der Waals surface area contributed by atoms with Crippen LogP contribution in [0.2, 0.25) is 5.15 Å². The van der Waals surface area contributed by atoms with Gasteiger partial charge < -0.3 is 0 Å². The lowest BCUT2D eigenvalue weighted by Gasteiger charge is -1.94. The van der Waals surface area contributed by atoms with Crippen LogP contribution in [0, 0.1) is 10.1 Å². The van der Waals surface area contributed by atoms with E-state index in [1.807, 2.05) is 0 Å². The van der Waals surface area contributed by atoms with Crippen LogP contribution in [0.1, 0.15) is 0 Å². The van der Waals surface area contributed by atoms with E-state index in [0.29, 0.717) is 0 Å². The van der Waals surface area contributed by atoms with Gasteiger partial charge in [0.1, 0.15) is 5.15 Å². The zero-order valence-electron chi connectivity index (χ0n) is 5.90. The van der Waals surface area contributed by atoms with Crippen LogP contribution in [0.3, 0.4) is 0 Å². The van der Waals surface area contributed by atoms with Crippen molar-refractivity contribution in [3.05, 3.63) is 27.4 Å². The zero-order valence-corrected chi connectivity index (χ0v) is 6.65. The van der Waals surface area contributed by atoms with Crippen molar-refractivity contribution in [2.24, 2.45) is 4.99 Å². The van der Waals surface area contributed by atoms with E-state index in [4.69, 9.17) is 11.6 Å². The van der Waals surface area contributed by atoms with Crippen LogP contribution in [-0.4, -0.2) is 16.6 Å². The zero-order chi connectivity index (χ0) is 9.14. The third-order valence-electron chi connectivity index (χ3n) is 1.17. The molecule has 1 heterocycles. The lowest BCUT2D eigenvalue weighted by molar-refractivity contribution is -0.384. The molecule has 6 heteroatoms. The smallest absolute Gasteiger partial charge is 0.258 e. The topological polar surface area (TPSA) is 68.4 Å². The van der Waals surface area contributed by atoms with Crippen LogP contribution < -0.4 is 0 Å². The van der Waals surface area contributed by atoms with Gasteiger partial charge in [0.2, 0.25) is 5.82 Å². The molecule has 0 radical (unpaired) electrons. The van der Waals surface area contributed by atoms with Gasteiger partial charge in [0, 0.05) is 6.07 Å². The second kappa shape index (κ2) is 3.27. The number of pyridine rings is 1. The molecular formula is C6H4ClN3O2. The molecule has 0 bridgehead atoms. The van der Waals surface area contributed by atoms with Gasteiger partial charge in [-0.05, 0) is 12.8 Å². The summed E-state index contributed by atoms with van der Waals surface area (Å²) in [5, 5.41) is 10.5. The van der Waals surface area contributed by atoms with E-state index < -0.39 is 4.92 Å². The summed E-state index contributed by atoms with van der Waals surface area (Å²) in [6.45, 7) is 3.14. The van der Waals surface area contributed by atoms with E-state index in [1.165, 1.54) is 12.1 Å². The second-order valence-corrected chi connectivity index (χ2v) is 2.28. The molecule has 0 saturated carbocycles. The number of aromatic nitrogens is 1. The van der Waals surface area contributed by atoms with E-state index in [0.717, 1.165) is 0 Å². The molecule has 0 atom stereocenters. The molecule has 0 amide bonds. The first kappa shape index (κ1) is 8.61. The Hall–Kier alpha value is -1.49. The second-order valence-electron chi connectivity index (χ2n) is 1.89. The molecule has 1 aromatic rings. The summed E-state index contributed by atoms with van der Waals surface area (Å²) in [6.07, 6.45) is 0. The monoisotopic (exact) mass is 185 g/mol. The number of nitrogens with zero attached hydrogens (tertiary/aromatic N) is 3. The van der Waals surface area contributed by atoms with Crippen LogP contribution in [0.4, 0.5) is 11.5 Å². The molecule has 62 valence electrons. The summed E-state index contributed by atoms with van der Waals surface area (Å²) in [5.74, 6) is -0.0625. The van der Waals surface area contributed by atoms with Gasteiger partial charge in [0.15, 0.2) is 0 Å². The molecule has 0 saturated heterocycles. The Morgan fingerprint density at radius 2 is 2.33 bits per heavy atom. The molecule has 0 unspecified atom stereocenters. The Morgan fingerprint density at radius 3 is 2.83 bits per heavy atom. The molecule has 0 aromatic carbocycles. The minimum atomic E-state index is -0.590. The summed E-state index contributed by atoms with van der Waals surface area (Å²) >= 11 is 5.48. The van der Waals surface area contributed by atoms with E-state index in [1.54, 1.807) is 0 Å². The summed E-state index contributed by atoms with van der Waals surface area (Å²) < 4.78 is 0. The standard InChI is InChI=1S/C6H4ClN3O2/c1-8-6-4(10(11)12)2-3-5(7)9-6/h2-3H,1H2. The molecule has 0 fully saturated rings. The number of halogens is 1. The third-order valence-corrected chi connectivity index (χ3v) is 1.38. The highest BCUT2D eigenvalue weighted by Crippen LogP contribution is 2.25. The Morgan fingerprint density at radius 1 is 1.67 bits per heavy atom. The van der Waals surface area contributed by atoms with Gasteiger partial charge in [0.25, 0.3) is 0 Å². The quantitative estimate of drug-likeness (QED) is 0.306. The SMILES string of the molecule is C=Nc1nc(Cl)ccc1[N+](=O)[O-]. The van der Waals surface area contributed by atoms with Crippen LogP contribution in [0.5, 0.6) is 0 Å².